The van der Waals surface area contributed by atoms with E-state index >= 15 is 0 Å². The molecule has 0 radical (unpaired) electrons. The van der Waals surface area contributed by atoms with Gasteiger partial charge >= 0.3 is 0 Å². The molecule has 1 saturated heterocycles. The van der Waals surface area contributed by atoms with E-state index in [4.69, 9.17) is 24.1 Å². The number of phenolic OH excluding ortho intramolecular Hbond substituents is 1. The molecule has 10 nitrogen and oxygen atoms in total. The molecule has 1 aliphatic heterocycles. The summed E-state index contributed by atoms with van der Waals surface area (Å²) in [6.07, 6.45) is -6.64. The van der Waals surface area contributed by atoms with Crippen molar-refractivity contribution >= 4 is 5.78 Å². The molecule has 0 aromatic heterocycles. The molecular weight excluding hydrogens is 436 g/mol. The van der Waals surface area contributed by atoms with Crippen LogP contribution < -0.4 is 4.74 Å². The van der Waals surface area contributed by atoms with Gasteiger partial charge in [0.15, 0.2) is 12.1 Å². The van der Waals surface area contributed by atoms with Crippen molar-refractivity contribution in [2.24, 2.45) is 0 Å². The van der Waals surface area contributed by atoms with Crippen molar-refractivity contribution in [1.29, 1.82) is 0 Å². The highest BCUT2D eigenvalue weighted by Gasteiger charge is 2.43. The fourth-order valence-electron chi connectivity index (χ4n) is 3.29. The van der Waals surface area contributed by atoms with Gasteiger partial charge in [-0.3, -0.25) is 4.79 Å². The Balaban J connectivity index is 1.36. The second kappa shape index (κ2) is 12.1. The standard InChI is InChI=1S/C23H28O10/c24-13-18-20(27)21(28)22(29)23(33-18)32-11-9-30-8-10-31-15-6-7-16(17(25)12-15)19(26)14-4-2-1-3-5-14/h1-7,12,18,20-25,27-29H,8-11,13H2/t18-,20-,21+,22-,23?/m1/s1. The van der Waals surface area contributed by atoms with Crippen LogP contribution in [0.5, 0.6) is 11.5 Å². The normalized spacial score (nSPS) is 25.0. The molecule has 0 aliphatic carbocycles. The highest BCUT2D eigenvalue weighted by molar-refractivity contribution is 6.10. The molecule has 2 aromatic carbocycles. The molecule has 0 spiro atoms. The maximum absolute atomic E-state index is 12.4. The summed E-state index contributed by atoms with van der Waals surface area (Å²) >= 11 is 0. The third-order valence-corrected chi connectivity index (χ3v) is 5.10. The molecule has 1 unspecified atom stereocenters. The highest BCUT2D eigenvalue weighted by Crippen LogP contribution is 2.26. The van der Waals surface area contributed by atoms with Gasteiger partial charge in [-0.1, -0.05) is 30.3 Å². The van der Waals surface area contributed by atoms with E-state index in [1.165, 1.54) is 12.1 Å². The Labute approximate surface area is 190 Å². The largest absolute Gasteiger partial charge is 0.507 e. The zero-order valence-corrected chi connectivity index (χ0v) is 17.8. The van der Waals surface area contributed by atoms with Crippen LogP contribution in [0.2, 0.25) is 0 Å². The predicted molar refractivity (Wildman–Crippen MR) is 114 cm³/mol. The summed E-state index contributed by atoms with van der Waals surface area (Å²) in [7, 11) is 0. The Hall–Kier alpha value is -2.57. The summed E-state index contributed by atoms with van der Waals surface area (Å²) < 4.78 is 21.4. The number of aliphatic hydroxyl groups excluding tert-OH is 4. The SMILES string of the molecule is O=C(c1ccccc1)c1ccc(OCCOCCOC2O[C@H](CO)[C@@H](O)[C@H](O)[C@H]2O)cc1O. The maximum Gasteiger partial charge on any atom is 0.196 e. The van der Waals surface area contributed by atoms with Crippen LogP contribution in [-0.2, 0) is 14.2 Å². The summed E-state index contributed by atoms with van der Waals surface area (Å²) in [6, 6.07) is 13.1. The first kappa shape index (κ1) is 25.1. The number of phenols is 1. The average molecular weight is 464 g/mol. The van der Waals surface area contributed by atoms with Crippen LogP contribution in [0.25, 0.3) is 0 Å². The van der Waals surface area contributed by atoms with E-state index in [1.54, 1.807) is 36.4 Å². The predicted octanol–water partition coefficient (Wildman–Crippen LogP) is -0.165. The van der Waals surface area contributed by atoms with E-state index in [-0.39, 0.29) is 43.5 Å². The first-order chi connectivity index (χ1) is 15.9. The lowest BCUT2D eigenvalue weighted by Crippen LogP contribution is -2.59. The fourth-order valence-corrected chi connectivity index (χ4v) is 3.29. The van der Waals surface area contributed by atoms with Gasteiger partial charge in [0.05, 0.1) is 32.0 Å². The molecule has 0 saturated carbocycles. The summed E-state index contributed by atoms with van der Waals surface area (Å²) in [4.78, 5) is 12.4. The van der Waals surface area contributed by atoms with Crippen LogP contribution in [0.1, 0.15) is 15.9 Å². The van der Waals surface area contributed by atoms with E-state index in [9.17, 15) is 25.2 Å². The van der Waals surface area contributed by atoms with Gasteiger partial charge in [-0.25, -0.2) is 0 Å². The first-order valence-electron chi connectivity index (χ1n) is 10.5. The van der Waals surface area contributed by atoms with Crippen LogP contribution in [-0.4, -0.2) is 95.1 Å². The van der Waals surface area contributed by atoms with Crippen molar-refractivity contribution < 1.29 is 49.3 Å². The number of carbonyl (C=O) groups is 1. The van der Waals surface area contributed by atoms with Crippen molar-refractivity contribution in [3.8, 4) is 11.5 Å². The van der Waals surface area contributed by atoms with Gasteiger partial charge in [0, 0.05) is 11.6 Å². The molecule has 180 valence electrons. The third kappa shape index (κ3) is 6.49. The summed E-state index contributed by atoms with van der Waals surface area (Å²) in [5.74, 6) is -0.101. The highest BCUT2D eigenvalue weighted by atomic mass is 16.7. The first-order valence-corrected chi connectivity index (χ1v) is 10.5. The Kier molecular flexibility index (Phi) is 9.15. The Morgan fingerprint density at radius 1 is 0.909 bits per heavy atom. The van der Waals surface area contributed by atoms with Gasteiger partial charge in [-0.2, -0.15) is 0 Å². The molecule has 0 bridgehead atoms. The van der Waals surface area contributed by atoms with Crippen molar-refractivity contribution in [3.05, 3.63) is 59.7 Å². The molecule has 1 aliphatic rings. The smallest absolute Gasteiger partial charge is 0.196 e. The van der Waals surface area contributed by atoms with Crippen LogP contribution in [0, 0.1) is 0 Å². The second-order valence-corrected chi connectivity index (χ2v) is 7.40. The molecule has 2 aromatic rings. The summed E-state index contributed by atoms with van der Waals surface area (Å²) in [5.41, 5.74) is 0.649. The zero-order chi connectivity index (χ0) is 23.8. The van der Waals surface area contributed by atoms with E-state index in [0.717, 1.165) is 0 Å². The minimum atomic E-state index is -1.50. The number of hydrogen-bond donors (Lipinski definition) is 5. The summed E-state index contributed by atoms with van der Waals surface area (Å²) in [6.45, 7) is -0.00151. The Bertz CT molecular complexity index is 888. The maximum atomic E-state index is 12.4. The number of ether oxygens (including phenoxy) is 4. The number of benzene rings is 2. The van der Waals surface area contributed by atoms with Gasteiger partial charge < -0.3 is 44.5 Å². The molecular formula is C23H28O10. The van der Waals surface area contributed by atoms with Gasteiger partial charge in [-0.15, -0.1) is 0 Å². The van der Waals surface area contributed by atoms with Gasteiger partial charge in [-0.05, 0) is 12.1 Å². The Morgan fingerprint density at radius 3 is 2.33 bits per heavy atom. The van der Waals surface area contributed by atoms with E-state index < -0.39 is 37.3 Å². The van der Waals surface area contributed by atoms with Gasteiger partial charge in [0.25, 0.3) is 0 Å². The monoisotopic (exact) mass is 464 g/mol. The quantitative estimate of drug-likeness (QED) is 0.224. The number of carbonyl (C=O) groups excluding carboxylic acids is 1. The molecule has 33 heavy (non-hydrogen) atoms. The number of aliphatic hydroxyl groups is 4. The van der Waals surface area contributed by atoms with Crippen LogP contribution in [0.4, 0.5) is 0 Å². The molecule has 10 heteroatoms. The minimum Gasteiger partial charge on any atom is -0.507 e. The molecule has 3 rings (SSSR count). The van der Waals surface area contributed by atoms with Crippen molar-refractivity contribution in [1.82, 2.24) is 0 Å². The molecule has 5 atom stereocenters. The van der Waals surface area contributed by atoms with Gasteiger partial charge in [0.2, 0.25) is 0 Å². The fraction of sp³-hybridized carbons (Fsp3) is 0.435. The Morgan fingerprint density at radius 2 is 1.64 bits per heavy atom. The minimum absolute atomic E-state index is 0.0276. The van der Waals surface area contributed by atoms with E-state index in [1.807, 2.05) is 0 Å². The lowest BCUT2D eigenvalue weighted by atomic mass is 9.99. The third-order valence-electron chi connectivity index (χ3n) is 5.10. The zero-order valence-electron chi connectivity index (χ0n) is 17.8. The topological polar surface area (TPSA) is 155 Å². The van der Waals surface area contributed by atoms with Crippen molar-refractivity contribution in [2.45, 2.75) is 30.7 Å². The van der Waals surface area contributed by atoms with Crippen LogP contribution in [0.15, 0.2) is 48.5 Å². The molecule has 0 amide bonds. The number of ketones is 1. The van der Waals surface area contributed by atoms with Crippen molar-refractivity contribution in [3.63, 3.8) is 0 Å². The van der Waals surface area contributed by atoms with E-state index in [2.05, 4.69) is 0 Å². The molecule has 1 heterocycles. The van der Waals surface area contributed by atoms with E-state index in [0.29, 0.717) is 11.3 Å². The average Bonchev–Trinajstić information content (AvgIpc) is 2.83. The molecule has 1 fully saturated rings. The lowest BCUT2D eigenvalue weighted by molar-refractivity contribution is -0.302. The van der Waals surface area contributed by atoms with Crippen LogP contribution in [0.3, 0.4) is 0 Å². The lowest BCUT2D eigenvalue weighted by Gasteiger charge is -2.39. The number of aromatic hydroxyl groups is 1. The second-order valence-electron chi connectivity index (χ2n) is 7.40. The van der Waals surface area contributed by atoms with Crippen LogP contribution >= 0.6 is 0 Å². The number of rotatable bonds is 11. The summed E-state index contributed by atoms with van der Waals surface area (Å²) in [5, 5.41) is 48.7. The molecule has 5 N–H and O–H groups in total. The van der Waals surface area contributed by atoms with Gasteiger partial charge in [0.1, 0.15) is 42.5 Å². The number of hydrogen-bond acceptors (Lipinski definition) is 10. The van der Waals surface area contributed by atoms with Crippen molar-refractivity contribution in [2.75, 3.05) is 33.0 Å².